The number of hydrogen-bond donors (Lipinski definition) is 2. The third-order valence-electron chi connectivity index (χ3n) is 3.70. The minimum absolute atomic E-state index is 0.0175. The van der Waals surface area contributed by atoms with Crippen molar-refractivity contribution in [2.24, 2.45) is 0 Å². The standard InChI is InChI=1S/C20H11Cl5N2O2S/c21-10-1-4-13(14(23)7-10)17-5-2-12(29-17)3-6-18(28)26-20(30)27-19-15(24)8-11(22)9-16(19)25/h1-9H,(H2,26,27,28,30)/b6-3+. The lowest BCUT2D eigenvalue weighted by Gasteiger charge is -2.11. The van der Waals surface area contributed by atoms with Gasteiger partial charge in [0.25, 0.3) is 0 Å². The van der Waals surface area contributed by atoms with Crippen LogP contribution in [0.1, 0.15) is 5.76 Å². The first kappa shape index (κ1) is 22.9. The molecule has 3 aromatic rings. The van der Waals surface area contributed by atoms with Gasteiger partial charge in [-0.15, -0.1) is 0 Å². The second-order valence-corrected chi connectivity index (χ2v) is 8.35. The minimum Gasteiger partial charge on any atom is -0.457 e. The maximum Gasteiger partial charge on any atom is 0.250 e. The molecule has 4 nitrogen and oxygen atoms in total. The molecule has 0 atom stereocenters. The van der Waals surface area contributed by atoms with E-state index in [9.17, 15) is 4.79 Å². The minimum atomic E-state index is -0.476. The molecular weight excluding hydrogens is 510 g/mol. The van der Waals surface area contributed by atoms with Crippen molar-refractivity contribution in [3.05, 3.63) is 79.4 Å². The number of thiocarbonyl (C=S) groups is 1. The van der Waals surface area contributed by atoms with E-state index in [0.717, 1.165) is 0 Å². The Morgan fingerprint density at radius 2 is 1.57 bits per heavy atom. The zero-order valence-electron chi connectivity index (χ0n) is 14.8. The van der Waals surface area contributed by atoms with Crippen molar-refractivity contribution in [3.63, 3.8) is 0 Å². The first-order chi connectivity index (χ1) is 14.2. The Hall–Kier alpha value is -1.73. The van der Waals surface area contributed by atoms with Gasteiger partial charge in [0.1, 0.15) is 11.5 Å². The molecule has 1 aromatic heterocycles. The van der Waals surface area contributed by atoms with E-state index in [1.54, 1.807) is 30.3 Å². The molecule has 1 heterocycles. The molecule has 0 aliphatic carbocycles. The summed E-state index contributed by atoms with van der Waals surface area (Å²) >= 11 is 35.2. The number of carbonyl (C=O) groups excluding carboxylic acids is 1. The SMILES string of the molecule is O=C(/C=C/c1ccc(-c2ccc(Cl)cc2Cl)o1)NC(=S)Nc1c(Cl)cc(Cl)cc1Cl. The van der Waals surface area contributed by atoms with Crippen molar-refractivity contribution >= 4 is 93.0 Å². The van der Waals surface area contributed by atoms with Crippen LogP contribution in [0.3, 0.4) is 0 Å². The van der Waals surface area contributed by atoms with E-state index in [1.807, 2.05) is 0 Å². The van der Waals surface area contributed by atoms with Crippen LogP contribution in [-0.2, 0) is 4.79 Å². The van der Waals surface area contributed by atoms with Crippen molar-refractivity contribution in [3.8, 4) is 11.3 Å². The summed E-state index contributed by atoms with van der Waals surface area (Å²) in [7, 11) is 0. The van der Waals surface area contributed by atoms with Crippen LogP contribution in [-0.4, -0.2) is 11.0 Å². The first-order valence-corrected chi connectivity index (χ1v) is 10.5. The van der Waals surface area contributed by atoms with Crippen molar-refractivity contribution in [1.29, 1.82) is 0 Å². The number of carbonyl (C=O) groups is 1. The van der Waals surface area contributed by atoms with E-state index in [1.165, 1.54) is 24.3 Å². The molecule has 154 valence electrons. The lowest BCUT2D eigenvalue weighted by atomic mass is 10.2. The average Bonchev–Trinajstić information content (AvgIpc) is 3.11. The van der Waals surface area contributed by atoms with Crippen molar-refractivity contribution in [2.45, 2.75) is 0 Å². The Bertz CT molecular complexity index is 1140. The molecular formula is C20H11Cl5N2O2S. The van der Waals surface area contributed by atoms with E-state index >= 15 is 0 Å². The van der Waals surface area contributed by atoms with Crippen molar-refractivity contribution < 1.29 is 9.21 Å². The maximum atomic E-state index is 12.1. The third kappa shape index (κ3) is 5.91. The van der Waals surface area contributed by atoms with Gasteiger partial charge >= 0.3 is 0 Å². The molecule has 0 spiro atoms. The molecule has 0 saturated carbocycles. The van der Waals surface area contributed by atoms with Crippen LogP contribution >= 0.6 is 70.2 Å². The van der Waals surface area contributed by atoms with Crippen LogP contribution in [0.5, 0.6) is 0 Å². The molecule has 30 heavy (non-hydrogen) atoms. The summed E-state index contributed by atoms with van der Waals surface area (Å²) in [5, 5.41) is 7.17. The highest BCUT2D eigenvalue weighted by Gasteiger charge is 2.11. The smallest absolute Gasteiger partial charge is 0.250 e. The second kappa shape index (κ2) is 10.1. The predicted octanol–water partition coefficient (Wildman–Crippen LogP) is 7.74. The van der Waals surface area contributed by atoms with Crippen LogP contribution in [0.25, 0.3) is 17.4 Å². The van der Waals surface area contributed by atoms with Crippen LogP contribution in [0.2, 0.25) is 25.1 Å². The Morgan fingerprint density at radius 3 is 2.23 bits per heavy atom. The van der Waals surface area contributed by atoms with Crippen LogP contribution < -0.4 is 10.6 Å². The van der Waals surface area contributed by atoms with Gasteiger partial charge in [-0.05, 0) is 60.8 Å². The molecule has 10 heteroatoms. The van der Waals surface area contributed by atoms with Gasteiger partial charge in [0.2, 0.25) is 5.91 Å². The fraction of sp³-hybridized carbons (Fsp3) is 0. The molecule has 0 aliphatic rings. The number of benzene rings is 2. The molecule has 3 rings (SSSR count). The fourth-order valence-corrected chi connectivity index (χ4v) is 4.01. The van der Waals surface area contributed by atoms with Gasteiger partial charge in [0.15, 0.2) is 5.11 Å². The summed E-state index contributed by atoms with van der Waals surface area (Å²) < 4.78 is 5.69. The van der Waals surface area contributed by atoms with E-state index in [4.69, 9.17) is 74.6 Å². The van der Waals surface area contributed by atoms with Gasteiger partial charge in [-0.25, -0.2) is 0 Å². The topological polar surface area (TPSA) is 54.3 Å². The number of anilines is 1. The Labute approximate surface area is 202 Å². The van der Waals surface area contributed by atoms with Gasteiger partial charge in [-0.1, -0.05) is 58.0 Å². The first-order valence-electron chi connectivity index (χ1n) is 8.23. The molecule has 0 unspecified atom stereocenters. The molecule has 0 saturated heterocycles. The van der Waals surface area contributed by atoms with Gasteiger partial charge in [0, 0.05) is 21.7 Å². The quantitative estimate of drug-likeness (QED) is 0.273. The highest BCUT2D eigenvalue weighted by Crippen LogP contribution is 2.34. The number of rotatable bonds is 4. The zero-order chi connectivity index (χ0) is 21.8. The van der Waals surface area contributed by atoms with Gasteiger partial charge < -0.3 is 9.73 Å². The number of hydrogen-bond acceptors (Lipinski definition) is 3. The molecule has 1 amide bonds. The third-order valence-corrected chi connectivity index (χ3v) is 5.27. The highest BCUT2D eigenvalue weighted by molar-refractivity contribution is 7.80. The van der Waals surface area contributed by atoms with Crippen molar-refractivity contribution in [1.82, 2.24) is 5.32 Å². The van der Waals surface area contributed by atoms with E-state index in [-0.39, 0.29) is 15.2 Å². The molecule has 2 aromatic carbocycles. The highest BCUT2D eigenvalue weighted by atomic mass is 35.5. The number of halogens is 5. The van der Waals surface area contributed by atoms with E-state index < -0.39 is 5.91 Å². The predicted molar refractivity (Wildman–Crippen MR) is 129 cm³/mol. The number of furan rings is 1. The summed E-state index contributed by atoms with van der Waals surface area (Å²) in [6, 6.07) is 11.5. The number of amides is 1. The molecule has 2 N–H and O–H groups in total. The monoisotopic (exact) mass is 518 g/mol. The molecule has 0 fully saturated rings. The normalized spacial score (nSPS) is 11.0. The Kier molecular flexibility index (Phi) is 7.69. The second-order valence-electron chi connectivity index (χ2n) is 5.85. The lowest BCUT2D eigenvalue weighted by Crippen LogP contribution is -2.33. The fourth-order valence-electron chi connectivity index (χ4n) is 2.39. The summed E-state index contributed by atoms with van der Waals surface area (Å²) in [5.74, 6) is 0.519. The summed E-state index contributed by atoms with van der Waals surface area (Å²) in [4.78, 5) is 12.1. The molecule has 0 radical (unpaired) electrons. The maximum absolute atomic E-state index is 12.1. The van der Waals surface area contributed by atoms with Gasteiger partial charge in [-0.3, -0.25) is 10.1 Å². The Balaban J connectivity index is 1.63. The number of nitrogens with one attached hydrogen (secondary N) is 2. The van der Waals surface area contributed by atoms with Gasteiger partial charge in [0.05, 0.1) is 20.8 Å². The van der Waals surface area contributed by atoms with Crippen LogP contribution in [0.15, 0.2) is 53.0 Å². The van der Waals surface area contributed by atoms with Crippen LogP contribution in [0, 0.1) is 0 Å². The zero-order valence-corrected chi connectivity index (χ0v) is 19.4. The average molecular weight is 521 g/mol. The summed E-state index contributed by atoms with van der Waals surface area (Å²) in [5.41, 5.74) is 1.03. The van der Waals surface area contributed by atoms with Crippen LogP contribution in [0.4, 0.5) is 5.69 Å². The molecule has 0 aliphatic heterocycles. The Morgan fingerprint density at radius 1 is 0.900 bits per heavy atom. The summed E-state index contributed by atoms with van der Waals surface area (Å²) in [6.45, 7) is 0. The van der Waals surface area contributed by atoms with Gasteiger partial charge in [-0.2, -0.15) is 0 Å². The van der Waals surface area contributed by atoms with E-state index in [0.29, 0.717) is 37.8 Å². The van der Waals surface area contributed by atoms with E-state index in [2.05, 4.69) is 10.6 Å². The molecule has 0 bridgehead atoms. The summed E-state index contributed by atoms with van der Waals surface area (Å²) in [6.07, 6.45) is 2.76. The van der Waals surface area contributed by atoms with Crippen molar-refractivity contribution in [2.75, 3.05) is 5.32 Å². The largest absolute Gasteiger partial charge is 0.457 e. The lowest BCUT2D eigenvalue weighted by molar-refractivity contribution is -0.115.